The molecule has 0 fully saturated rings. The van der Waals surface area contributed by atoms with E-state index in [4.69, 9.17) is 27.3 Å². The Morgan fingerprint density at radius 3 is 3.07 bits per heavy atom. The minimum atomic E-state index is 0.125. The van der Waals surface area contributed by atoms with Crippen molar-refractivity contribution in [3.05, 3.63) is 23.5 Å². The van der Waals surface area contributed by atoms with E-state index in [-0.39, 0.29) is 5.84 Å². The Morgan fingerprint density at radius 2 is 2.43 bits per heavy atom. The highest BCUT2D eigenvalue weighted by Crippen LogP contribution is 2.14. The SMILES string of the molecule is NC(CCOc1cncc(Cl)c1)=NO. The fourth-order valence-corrected chi connectivity index (χ4v) is 0.959. The monoisotopic (exact) mass is 215 g/mol. The molecule has 0 aliphatic heterocycles. The lowest BCUT2D eigenvalue weighted by Gasteiger charge is -2.04. The molecule has 0 aliphatic rings. The Hall–Kier alpha value is -1.49. The second-order valence-corrected chi connectivity index (χ2v) is 2.97. The summed E-state index contributed by atoms with van der Waals surface area (Å²) in [6.07, 6.45) is 3.40. The maximum Gasteiger partial charge on any atom is 0.142 e. The lowest BCUT2D eigenvalue weighted by atomic mass is 10.4. The summed E-state index contributed by atoms with van der Waals surface area (Å²) in [5, 5.41) is 11.6. The zero-order chi connectivity index (χ0) is 10.4. The van der Waals surface area contributed by atoms with Gasteiger partial charge in [-0.15, -0.1) is 0 Å². The van der Waals surface area contributed by atoms with Crippen molar-refractivity contribution in [2.75, 3.05) is 6.61 Å². The van der Waals surface area contributed by atoms with E-state index in [2.05, 4.69) is 10.1 Å². The van der Waals surface area contributed by atoms with Gasteiger partial charge in [-0.25, -0.2) is 0 Å². The molecular formula is C8H10ClN3O2. The molecule has 5 nitrogen and oxygen atoms in total. The highest BCUT2D eigenvalue weighted by Gasteiger charge is 1.97. The van der Waals surface area contributed by atoms with Gasteiger partial charge in [0.2, 0.25) is 0 Å². The van der Waals surface area contributed by atoms with E-state index in [1.165, 1.54) is 12.4 Å². The topological polar surface area (TPSA) is 80.7 Å². The predicted molar refractivity (Wildman–Crippen MR) is 52.8 cm³/mol. The lowest BCUT2D eigenvalue weighted by molar-refractivity contribution is 0.305. The van der Waals surface area contributed by atoms with Crippen LogP contribution in [0.3, 0.4) is 0 Å². The average molecular weight is 216 g/mol. The maximum atomic E-state index is 8.25. The molecule has 1 aromatic rings. The van der Waals surface area contributed by atoms with E-state index in [0.717, 1.165) is 0 Å². The zero-order valence-corrected chi connectivity index (χ0v) is 8.11. The van der Waals surface area contributed by atoms with Crippen LogP contribution < -0.4 is 10.5 Å². The van der Waals surface area contributed by atoms with E-state index in [0.29, 0.717) is 23.8 Å². The van der Waals surface area contributed by atoms with Crippen LogP contribution in [0.15, 0.2) is 23.6 Å². The number of amidine groups is 1. The highest BCUT2D eigenvalue weighted by atomic mass is 35.5. The van der Waals surface area contributed by atoms with Crippen LogP contribution in [-0.2, 0) is 0 Å². The van der Waals surface area contributed by atoms with Crippen molar-refractivity contribution in [1.29, 1.82) is 0 Å². The van der Waals surface area contributed by atoms with Crippen molar-refractivity contribution in [3.8, 4) is 5.75 Å². The van der Waals surface area contributed by atoms with Crippen molar-refractivity contribution < 1.29 is 9.94 Å². The first-order chi connectivity index (χ1) is 6.72. The van der Waals surface area contributed by atoms with E-state index in [1.807, 2.05) is 0 Å². The molecule has 3 N–H and O–H groups in total. The fourth-order valence-electron chi connectivity index (χ4n) is 0.795. The molecule has 0 spiro atoms. The zero-order valence-electron chi connectivity index (χ0n) is 7.35. The molecule has 0 saturated heterocycles. The minimum absolute atomic E-state index is 0.125. The molecule has 0 amide bonds. The van der Waals surface area contributed by atoms with Crippen LogP contribution in [0.1, 0.15) is 6.42 Å². The molecule has 6 heteroatoms. The van der Waals surface area contributed by atoms with Crippen LogP contribution in [-0.4, -0.2) is 22.6 Å². The Balaban J connectivity index is 2.39. The van der Waals surface area contributed by atoms with Crippen molar-refractivity contribution in [3.63, 3.8) is 0 Å². The second kappa shape index (κ2) is 5.29. The van der Waals surface area contributed by atoms with Gasteiger partial charge in [-0.3, -0.25) is 4.98 Å². The minimum Gasteiger partial charge on any atom is -0.491 e. The van der Waals surface area contributed by atoms with Gasteiger partial charge < -0.3 is 15.7 Å². The molecule has 0 radical (unpaired) electrons. The summed E-state index contributed by atoms with van der Waals surface area (Å²) in [4.78, 5) is 3.83. The summed E-state index contributed by atoms with van der Waals surface area (Å²) in [7, 11) is 0. The number of hydrogen-bond donors (Lipinski definition) is 2. The van der Waals surface area contributed by atoms with Crippen LogP contribution in [0.25, 0.3) is 0 Å². The van der Waals surface area contributed by atoms with Crippen molar-refractivity contribution in [2.24, 2.45) is 10.9 Å². The predicted octanol–water partition coefficient (Wildman–Crippen LogP) is 1.25. The van der Waals surface area contributed by atoms with Crippen LogP contribution >= 0.6 is 11.6 Å². The summed E-state index contributed by atoms with van der Waals surface area (Å²) in [5.74, 6) is 0.684. The third-order valence-corrected chi connectivity index (χ3v) is 1.64. The molecule has 0 unspecified atom stereocenters. The molecule has 1 heterocycles. The maximum absolute atomic E-state index is 8.25. The van der Waals surface area contributed by atoms with E-state index in [1.54, 1.807) is 6.07 Å². The Bertz CT molecular complexity index is 330. The summed E-state index contributed by atoms with van der Waals surface area (Å²) in [6.45, 7) is 0.317. The molecule has 0 saturated carbocycles. The fraction of sp³-hybridized carbons (Fsp3) is 0.250. The molecule has 76 valence electrons. The first-order valence-electron chi connectivity index (χ1n) is 3.92. The standard InChI is InChI=1S/C8H10ClN3O2/c9-6-3-7(5-11-4-6)14-2-1-8(10)12-13/h3-5,13H,1-2H2,(H2,10,12). The number of hydrogen-bond acceptors (Lipinski definition) is 4. The first-order valence-corrected chi connectivity index (χ1v) is 4.30. The van der Waals surface area contributed by atoms with Crippen molar-refractivity contribution in [1.82, 2.24) is 4.98 Å². The Kier molecular flexibility index (Phi) is 4.00. The van der Waals surface area contributed by atoms with Crippen LogP contribution in [0.4, 0.5) is 0 Å². The summed E-state index contributed by atoms with van der Waals surface area (Å²) in [6, 6.07) is 1.64. The van der Waals surface area contributed by atoms with Gasteiger partial charge in [-0.1, -0.05) is 16.8 Å². The third-order valence-electron chi connectivity index (χ3n) is 1.44. The van der Waals surface area contributed by atoms with Gasteiger partial charge in [0.1, 0.15) is 11.6 Å². The first kappa shape index (κ1) is 10.6. The molecule has 0 aromatic carbocycles. The van der Waals surface area contributed by atoms with Gasteiger partial charge >= 0.3 is 0 Å². The molecule has 1 aromatic heterocycles. The van der Waals surface area contributed by atoms with Crippen molar-refractivity contribution in [2.45, 2.75) is 6.42 Å². The molecule has 0 atom stereocenters. The largest absolute Gasteiger partial charge is 0.491 e. The molecule has 0 bridgehead atoms. The quantitative estimate of drug-likeness (QED) is 0.343. The Morgan fingerprint density at radius 1 is 1.64 bits per heavy atom. The number of rotatable bonds is 4. The number of nitrogens with two attached hydrogens (primary N) is 1. The number of ether oxygens (including phenoxy) is 1. The number of aromatic nitrogens is 1. The van der Waals surface area contributed by atoms with E-state index >= 15 is 0 Å². The third kappa shape index (κ3) is 3.49. The van der Waals surface area contributed by atoms with Crippen molar-refractivity contribution >= 4 is 17.4 Å². The lowest BCUT2D eigenvalue weighted by Crippen LogP contribution is -2.15. The van der Waals surface area contributed by atoms with E-state index < -0.39 is 0 Å². The van der Waals surface area contributed by atoms with E-state index in [9.17, 15) is 0 Å². The van der Waals surface area contributed by atoms with Gasteiger partial charge in [0, 0.05) is 18.7 Å². The summed E-state index contributed by atoms with van der Waals surface area (Å²) in [5.41, 5.74) is 5.25. The van der Waals surface area contributed by atoms with Crippen LogP contribution in [0.2, 0.25) is 5.02 Å². The molecule has 14 heavy (non-hydrogen) atoms. The number of halogens is 1. The molecule has 1 rings (SSSR count). The Labute approximate surface area is 86.1 Å². The molecular weight excluding hydrogens is 206 g/mol. The van der Waals surface area contributed by atoms with Gasteiger partial charge in [-0.05, 0) is 0 Å². The van der Waals surface area contributed by atoms with Gasteiger partial charge in [-0.2, -0.15) is 0 Å². The normalized spacial score (nSPS) is 11.4. The van der Waals surface area contributed by atoms with Gasteiger partial charge in [0.15, 0.2) is 0 Å². The van der Waals surface area contributed by atoms with Gasteiger partial charge in [0.25, 0.3) is 0 Å². The second-order valence-electron chi connectivity index (χ2n) is 2.53. The smallest absolute Gasteiger partial charge is 0.142 e. The van der Waals surface area contributed by atoms with Crippen LogP contribution in [0, 0.1) is 0 Å². The number of pyridine rings is 1. The highest BCUT2D eigenvalue weighted by molar-refractivity contribution is 6.30. The summed E-state index contributed by atoms with van der Waals surface area (Å²) < 4.78 is 5.24. The van der Waals surface area contributed by atoms with Crippen LogP contribution in [0.5, 0.6) is 5.75 Å². The average Bonchev–Trinajstić information content (AvgIpc) is 2.17. The summed E-state index contributed by atoms with van der Waals surface area (Å²) >= 11 is 5.68. The van der Waals surface area contributed by atoms with Gasteiger partial charge in [0.05, 0.1) is 17.8 Å². The number of nitrogens with zero attached hydrogens (tertiary/aromatic N) is 2. The molecule has 0 aliphatic carbocycles. The number of oxime groups is 1.